The fourth-order valence-electron chi connectivity index (χ4n) is 11.2. The van der Waals surface area contributed by atoms with Crippen LogP contribution < -0.4 is 34.2 Å². The highest BCUT2D eigenvalue weighted by Crippen LogP contribution is 2.55. The number of fused-ring (bicyclic) bond motifs is 23. The smallest absolute Gasteiger partial charge is 0.168 e. The third kappa shape index (κ3) is 10.2. The minimum absolute atomic E-state index is 0.366. The maximum Gasteiger partial charge on any atom is 0.168 e. The van der Waals surface area contributed by atoms with E-state index >= 15 is 0 Å². The summed E-state index contributed by atoms with van der Waals surface area (Å²) in [5.41, 5.74) is 11.8. The molecule has 2 aliphatic heterocycles. The van der Waals surface area contributed by atoms with Gasteiger partial charge in [0.05, 0.1) is 72.7 Å². The van der Waals surface area contributed by atoms with Crippen LogP contribution in [-0.4, -0.2) is 79.5 Å². The molecule has 2 aliphatic rings. The van der Waals surface area contributed by atoms with Crippen LogP contribution in [0.15, 0.2) is 91.0 Å². The van der Waals surface area contributed by atoms with Crippen LogP contribution in [0.5, 0.6) is 34.5 Å². The standard InChI is InChI=1S/C68H73N9O6/c1-7-13-33-78-55-41-25-19-21-27-43(41)57(80-35-15-9-3)51-49(55)63-71-61-47-32-31-40(69)39-48(47)62(70-61)72-64-50-52(58(81-36-16-10-4)44-28-22-20-26-42(44)56(50)79-34-14-8-2)66(74-64)76-68-54-53(67(77-68)75-65(51)73-63)59(82-37-17-11-5)45-29-23-24-30-46(45)60(54)83-38-18-12-6/h19-32,39H,7-18,33-38,69H2,1-6H3,(H2,70,71,72,73,74,75,76,77). The number of hydrogen-bond donors (Lipinski definition) is 3. The molecule has 10 aromatic rings. The fraction of sp³-hybridized carbons (Fsp3) is 0.353. The summed E-state index contributed by atoms with van der Waals surface area (Å²) in [4.78, 5) is 41.0. The van der Waals surface area contributed by atoms with Crippen LogP contribution in [0, 0.1) is 0 Å². The molecular weight excluding hydrogens is 1040 g/mol. The number of hydrogen-bond acceptors (Lipinski definition) is 13. The number of anilines is 1. The third-order valence-electron chi connectivity index (χ3n) is 15.5. The first-order valence-electron chi connectivity index (χ1n) is 30.1. The molecule has 15 heteroatoms. The molecule has 0 fully saturated rings. The van der Waals surface area contributed by atoms with E-state index < -0.39 is 0 Å². The maximum atomic E-state index is 7.06. The van der Waals surface area contributed by atoms with Crippen LogP contribution >= 0.6 is 0 Å². The van der Waals surface area contributed by atoms with Crippen LogP contribution in [-0.2, 0) is 0 Å². The molecule has 0 spiro atoms. The van der Waals surface area contributed by atoms with Crippen molar-refractivity contribution in [2.45, 2.75) is 119 Å². The molecule has 0 aliphatic carbocycles. The lowest BCUT2D eigenvalue weighted by molar-refractivity contribution is 0.308. The largest absolute Gasteiger partial charge is 0.492 e. The van der Waals surface area contributed by atoms with Gasteiger partial charge in [0, 0.05) is 48.8 Å². The lowest BCUT2D eigenvalue weighted by atomic mass is 9.98. The highest BCUT2D eigenvalue weighted by Gasteiger charge is 2.35. The maximum absolute atomic E-state index is 7.06. The molecular formula is C68H73N9O6. The predicted octanol–water partition coefficient (Wildman–Crippen LogP) is 17.0. The molecule has 0 saturated carbocycles. The molecule has 15 nitrogen and oxygen atoms in total. The molecule has 4 N–H and O–H groups in total. The van der Waals surface area contributed by atoms with Crippen LogP contribution in [0.1, 0.15) is 119 Å². The van der Waals surface area contributed by atoms with E-state index in [1.54, 1.807) is 0 Å². The number of nitrogens with zero attached hydrogens (tertiary/aromatic N) is 6. The Morgan fingerprint density at radius 3 is 0.916 bits per heavy atom. The van der Waals surface area contributed by atoms with Crippen LogP contribution in [0.25, 0.3) is 122 Å². The summed E-state index contributed by atoms with van der Waals surface area (Å²) in [7, 11) is 0. The zero-order valence-corrected chi connectivity index (χ0v) is 48.6. The lowest BCUT2D eigenvalue weighted by Crippen LogP contribution is -2.04. The third-order valence-corrected chi connectivity index (χ3v) is 15.5. The summed E-state index contributed by atoms with van der Waals surface area (Å²) in [6.45, 7) is 15.8. The number of unbranched alkanes of at least 4 members (excludes halogenated alkanes) is 6. The highest BCUT2D eigenvalue weighted by molar-refractivity contribution is 6.21. The Bertz CT molecular complexity index is 4250. The first-order valence-corrected chi connectivity index (χ1v) is 30.1. The lowest BCUT2D eigenvalue weighted by Gasteiger charge is -2.18. The van der Waals surface area contributed by atoms with Gasteiger partial charge >= 0.3 is 0 Å². The van der Waals surface area contributed by atoms with E-state index in [1.165, 1.54) is 0 Å². The van der Waals surface area contributed by atoms with Gasteiger partial charge < -0.3 is 44.1 Å². The van der Waals surface area contributed by atoms with Gasteiger partial charge in [0.25, 0.3) is 0 Å². The van der Waals surface area contributed by atoms with Gasteiger partial charge in [-0.1, -0.05) is 153 Å². The molecule has 0 amide bonds. The SMILES string of the molecule is CCCCOc1c2c(c(OCCCC)c3ccccc13)-c1nc-2nc2[nH]c(nc3nc(nc4[nH]c(n1)c1c(OCCCC)c5ccccc5c(OCCCC)c41)-c1c-3c(OCCCC)c3ccccc3c1OCCCC)c1cc(N)ccc21. The molecule has 0 saturated heterocycles. The van der Waals surface area contributed by atoms with Gasteiger partial charge in [-0.25, -0.2) is 29.9 Å². The zero-order valence-electron chi connectivity index (χ0n) is 48.6. The topological polar surface area (TPSA) is 190 Å². The van der Waals surface area contributed by atoms with Crippen molar-refractivity contribution in [3.63, 3.8) is 0 Å². The fourth-order valence-corrected chi connectivity index (χ4v) is 11.2. The number of aromatic amines is 2. The Morgan fingerprint density at radius 1 is 0.313 bits per heavy atom. The van der Waals surface area contributed by atoms with Crippen molar-refractivity contribution in [1.29, 1.82) is 0 Å². The first kappa shape index (κ1) is 54.8. The van der Waals surface area contributed by atoms with Crippen molar-refractivity contribution in [2.24, 2.45) is 0 Å². The summed E-state index contributed by atoms with van der Waals surface area (Å²) in [5.74, 6) is 5.37. The minimum atomic E-state index is 0.366. The van der Waals surface area contributed by atoms with Crippen LogP contribution in [0.2, 0.25) is 0 Å². The second-order valence-electron chi connectivity index (χ2n) is 21.5. The molecule has 12 rings (SSSR count). The molecule has 0 unspecified atom stereocenters. The number of benzene rings is 7. The number of H-pyrrole nitrogens is 2. The monoisotopic (exact) mass is 1110 g/mol. The molecule has 5 heterocycles. The van der Waals surface area contributed by atoms with E-state index in [1.807, 2.05) is 54.6 Å². The highest BCUT2D eigenvalue weighted by atomic mass is 16.5. The van der Waals surface area contributed by atoms with E-state index in [0.29, 0.717) is 159 Å². The van der Waals surface area contributed by atoms with Gasteiger partial charge in [-0.05, 0) is 56.7 Å². The molecule has 3 aromatic heterocycles. The van der Waals surface area contributed by atoms with Crippen LogP contribution in [0.3, 0.4) is 0 Å². The number of nitrogens with one attached hydrogen (secondary N) is 2. The van der Waals surface area contributed by atoms with Gasteiger partial charge in [0.2, 0.25) is 0 Å². The zero-order chi connectivity index (χ0) is 57.0. The second kappa shape index (κ2) is 24.4. The molecule has 426 valence electrons. The Balaban J connectivity index is 1.33. The first-order chi connectivity index (χ1) is 40.9. The van der Waals surface area contributed by atoms with Crippen molar-refractivity contribution in [3.05, 3.63) is 91.0 Å². The Labute approximate surface area is 483 Å². The number of aromatic nitrogens is 8. The van der Waals surface area contributed by atoms with Gasteiger partial charge in [-0.2, -0.15) is 0 Å². The summed E-state index contributed by atoms with van der Waals surface area (Å²) in [5, 5.41) is 8.16. The number of nitrogen functional groups attached to an aromatic ring is 1. The minimum Gasteiger partial charge on any atom is -0.492 e. The van der Waals surface area contributed by atoms with E-state index in [4.69, 9.17) is 64.1 Å². The summed E-state index contributed by atoms with van der Waals surface area (Å²) < 4.78 is 42.0. The summed E-state index contributed by atoms with van der Waals surface area (Å²) in [6, 6.07) is 30.5. The summed E-state index contributed by atoms with van der Waals surface area (Å²) >= 11 is 0. The Morgan fingerprint density at radius 2 is 0.590 bits per heavy atom. The van der Waals surface area contributed by atoms with E-state index in [0.717, 1.165) is 120 Å². The average Bonchev–Trinajstić information content (AvgIpc) is 2.03. The predicted molar refractivity (Wildman–Crippen MR) is 335 cm³/mol. The van der Waals surface area contributed by atoms with Crippen molar-refractivity contribution in [3.8, 4) is 80.0 Å². The van der Waals surface area contributed by atoms with Crippen molar-refractivity contribution in [2.75, 3.05) is 45.4 Å². The van der Waals surface area contributed by atoms with Gasteiger partial charge in [-0.15, -0.1) is 0 Å². The van der Waals surface area contributed by atoms with Gasteiger partial charge in [0.15, 0.2) is 23.3 Å². The summed E-state index contributed by atoms with van der Waals surface area (Å²) in [6.07, 6.45) is 10.7. The molecule has 7 aromatic carbocycles. The second-order valence-corrected chi connectivity index (χ2v) is 21.5. The quantitative estimate of drug-likeness (QED) is 0.0383. The molecule has 83 heavy (non-hydrogen) atoms. The van der Waals surface area contributed by atoms with E-state index in [2.05, 4.69) is 87.9 Å². The van der Waals surface area contributed by atoms with Crippen LogP contribution in [0.4, 0.5) is 5.69 Å². The van der Waals surface area contributed by atoms with E-state index in [9.17, 15) is 0 Å². The van der Waals surface area contributed by atoms with E-state index in [-0.39, 0.29) is 0 Å². The number of ether oxygens (including phenoxy) is 6. The van der Waals surface area contributed by atoms with Gasteiger partial charge in [0.1, 0.15) is 57.1 Å². The van der Waals surface area contributed by atoms with Crippen molar-refractivity contribution in [1.82, 2.24) is 39.9 Å². The van der Waals surface area contributed by atoms with Gasteiger partial charge in [-0.3, -0.25) is 0 Å². The molecule has 0 atom stereocenters. The Kier molecular flexibility index (Phi) is 16.1. The molecule has 8 bridgehead atoms. The number of rotatable bonds is 24. The average molecular weight is 1110 g/mol. The molecule has 0 radical (unpaired) electrons. The van der Waals surface area contributed by atoms with Crippen molar-refractivity contribution < 1.29 is 28.4 Å². The Hall–Kier alpha value is -8.72. The van der Waals surface area contributed by atoms with Crippen molar-refractivity contribution >= 4 is 82.1 Å². The normalized spacial score (nSPS) is 11.9. The number of nitrogens with two attached hydrogens (primary N) is 1.